The number of nitrogen functional groups attached to an aromatic ring is 1. The van der Waals surface area contributed by atoms with Crippen molar-refractivity contribution < 1.29 is 33.1 Å². The molecule has 0 spiro atoms. The van der Waals surface area contributed by atoms with E-state index in [1.54, 1.807) is 7.11 Å². The zero-order chi connectivity index (χ0) is 23.3. The van der Waals surface area contributed by atoms with Crippen molar-refractivity contribution in [1.82, 2.24) is 19.5 Å². The van der Waals surface area contributed by atoms with Crippen molar-refractivity contribution in [3.63, 3.8) is 0 Å². The summed E-state index contributed by atoms with van der Waals surface area (Å²) < 4.78 is 33.8. The van der Waals surface area contributed by atoms with E-state index in [1.165, 1.54) is 16.3 Å². The summed E-state index contributed by atoms with van der Waals surface area (Å²) in [5, 5.41) is 11.2. The van der Waals surface area contributed by atoms with Crippen LogP contribution in [0.3, 0.4) is 0 Å². The van der Waals surface area contributed by atoms with Crippen LogP contribution in [0.4, 0.5) is 5.95 Å². The fraction of sp³-hybridized carbons (Fsp3) is 0.389. The Kier molecular flexibility index (Phi) is 5.69. The molecule has 4 heterocycles. The molecule has 5 rings (SSSR count). The minimum atomic E-state index is -4.55. The maximum Gasteiger partial charge on any atom is 0.280 e. The summed E-state index contributed by atoms with van der Waals surface area (Å²) in [6.07, 6.45) is -4.57. The normalized spacial score (nSPS) is 29.3. The van der Waals surface area contributed by atoms with Crippen LogP contribution >= 0.6 is 19.6 Å². The predicted molar refractivity (Wildman–Crippen MR) is 113 cm³/mol. The molecule has 2 fully saturated rings. The second-order valence-corrected chi connectivity index (χ2v) is 9.70. The number of hydrogen-bond acceptors (Lipinski definition) is 12. The molecule has 2 aromatic heterocycles. The van der Waals surface area contributed by atoms with Gasteiger partial charge in [0.15, 0.2) is 22.5 Å². The average molecular weight is 496 g/mol. The number of aromatic amines is 1. The monoisotopic (exact) mass is 496 g/mol. The summed E-state index contributed by atoms with van der Waals surface area (Å²) in [5.41, 5.74) is 6.20. The molecule has 0 amide bonds. The lowest BCUT2D eigenvalue weighted by atomic mass is 10.1. The number of fused-ring (bicyclic) bond motifs is 2. The highest BCUT2D eigenvalue weighted by Gasteiger charge is 2.51. The Balaban J connectivity index is 1.52. The van der Waals surface area contributed by atoms with Gasteiger partial charge in [0.1, 0.15) is 24.1 Å². The van der Waals surface area contributed by atoms with Gasteiger partial charge in [-0.15, -0.1) is 0 Å². The van der Waals surface area contributed by atoms with Gasteiger partial charge in [0.25, 0.3) is 13.4 Å². The average Bonchev–Trinajstić information content (AvgIpc) is 3.29. The molecular weight excluding hydrogens is 477 g/mol. The van der Waals surface area contributed by atoms with Crippen LogP contribution in [0.15, 0.2) is 34.2 Å². The van der Waals surface area contributed by atoms with Gasteiger partial charge in [-0.25, -0.2) is 4.98 Å². The fourth-order valence-corrected chi connectivity index (χ4v) is 5.65. The Labute approximate surface area is 190 Å². The summed E-state index contributed by atoms with van der Waals surface area (Å²) in [4.78, 5) is 35.1. The minimum absolute atomic E-state index is 0.00114. The number of methoxy groups -OCH3 is 1. The van der Waals surface area contributed by atoms with Crippen LogP contribution in [0, 0.1) is 0 Å². The lowest BCUT2D eigenvalue weighted by molar-refractivity contribution is -0.245. The molecule has 3 unspecified atom stereocenters. The molecule has 5 atom stereocenters. The van der Waals surface area contributed by atoms with E-state index in [4.69, 9.17) is 19.7 Å². The molecule has 176 valence electrons. The topological polar surface area (TPSA) is 187 Å². The van der Waals surface area contributed by atoms with Crippen LogP contribution in [0.1, 0.15) is 11.8 Å². The van der Waals surface area contributed by atoms with Crippen LogP contribution < -0.4 is 20.9 Å². The molecule has 13 nitrogen and oxygen atoms in total. The second kappa shape index (κ2) is 8.40. The second-order valence-electron chi connectivity index (χ2n) is 7.39. The first-order chi connectivity index (χ1) is 15.8. The van der Waals surface area contributed by atoms with Crippen LogP contribution in [-0.4, -0.2) is 56.7 Å². The van der Waals surface area contributed by atoms with E-state index < -0.39 is 37.9 Å². The number of rotatable bonds is 5. The van der Waals surface area contributed by atoms with Crippen molar-refractivity contribution in [3.8, 4) is 5.75 Å². The predicted octanol–water partition coefficient (Wildman–Crippen LogP) is 0.145. The molecule has 3 aromatic rings. The number of nitrogens with zero attached hydrogens (tertiary/aromatic N) is 3. The molecule has 2 aliphatic rings. The number of nitrogens with two attached hydrogens (primary N) is 1. The number of phosphoric ester groups is 1. The number of benzene rings is 1. The Morgan fingerprint density at radius 1 is 1.39 bits per heavy atom. The van der Waals surface area contributed by atoms with Crippen molar-refractivity contribution in [2.24, 2.45) is 0 Å². The third-order valence-electron chi connectivity index (χ3n) is 5.28. The first kappa shape index (κ1) is 22.3. The molecule has 33 heavy (non-hydrogen) atoms. The Hall–Kier alpha value is -2.45. The van der Waals surface area contributed by atoms with Gasteiger partial charge in [0, 0.05) is 5.75 Å². The van der Waals surface area contributed by atoms with Crippen molar-refractivity contribution in [2.45, 2.75) is 35.4 Å². The highest BCUT2D eigenvalue weighted by Crippen LogP contribution is 2.50. The molecule has 2 saturated heterocycles. The van der Waals surface area contributed by atoms with Gasteiger partial charge >= 0.3 is 0 Å². The quantitative estimate of drug-likeness (QED) is 0.321. The number of H-pyrrole nitrogens is 1. The van der Waals surface area contributed by atoms with Gasteiger partial charge in [0.2, 0.25) is 5.95 Å². The van der Waals surface area contributed by atoms with Crippen LogP contribution in [0.5, 0.6) is 5.75 Å². The Morgan fingerprint density at radius 3 is 2.88 bits per heavy atom. The molecule has 0 bridgehead atoms. The lowest BCUT2D eigenvalue weighted by Gasteiger charge is -2.34. The number of hydrogen-bond donors (Lipinski definition) is 3. The van der Waals surface area contributed by atoms with E-state index >= 15 is 0 Å². The number of aromatic nitrogens is 4. The number of imidazole rings is 1. The SMILES string of the molecule is COc1ccc(CSc2nc3c(=O)[nH]c(N)nc3n2[C@@H]2OC3COP(=O)([O-])O[C@H]3C2O)cc1. The van der Waals surface area contributed by atoms with Crippen molar-refractivity contribution >= 4 is 36.7 Å². The first-order valence-corrected chi connectivity index (χ1v) is 12.2. The van der Waals surface area contributed by atoms with Gasteiger partial charge in [-0.1, -0.05) is 23.9 Å². The molecule has 1 aromatic carbocycles. The number of ether oxygens (including phenoxy) is 2. The van der Waals surface area contributed by atoms with Gasteiger partial charge in [-0.05, 0) is 17.7 Å². The van der Waals surface area contributed by atoms with Crippen LogP contribution in [0.2, 0.25) is 0 Å². The van der Waals surface area contributed by atoms with Crippen molar-refractivity contribution in [1.29, 1.82) is 0 Å². The lowest BCUT2D eigenvalue weighted by Crippen LogP contribution is -2.41. The van der Waals surface area contributed by atoms with E-state index in [1.807, 2.05) is 24.3 Å². The van der Waals surface area contributed by atoms with Gasteiger partial charge < -0.3 is 34.3 Å². The number of phosphoric acid groups is 1. The maximum atomic E-state index is 12.4. The van der Waals surface area contributed by atoms with E-state index in [2.05, 4.69) is 19.5 Å². The van der Waals surface area contributed by atoms with Crippen molar-refractivity contribution in [2.75, 3.05) is 19.5 Å². The molecule has 0 radical (unpaired) electrons. The summed E-state index contributed by atoms with van der Waals surface area (Å²) in [6, 6.07) is 7.40. The Morgan fingerprint density at radius 2 is 2.15 bits per heavy atom. The summed E-state index contributed by atoms with van der Waals surface area (Å²) in [5.74, 6) is 1.03. The number of aliphatic hydroxyl groups excluding tert-OH is 1. The zero-order valence-electron chi connectivity index (χ0n) is 17.1. The number of anilines is 1. The summed E-state index contributed by atoms with van der Waals surface area (Å²) >= 11 is 1.27. The van der Waals surface area contributed by atoms with E-state index in [0.717, 1.165) is 5.56 Å². The summed E-state index contributed by atoms with van der Waals surface area (Å²) in [7, 11) is -2.98. The summed E-state index contributed by atoms with van der Waals surface area (Å²) in [6.45, 7) is -0.309. The van der Waals surface area contributed by atoms with Crippen LogP contribution in [0.25, 0.3) is 11.2 Å². The standard InChI is InChI=1S/C18H20N5O8PS/c1-28-9-4-2-8(3-5-9)7-33-18-20-11-14(21-17(19)22-15(11)25)23(18)16-12(24)13-10(30-16)6-29-32(26,27)31-13/h2-5,10,12-13,16,24H,6-7H2,1H3,(H,26,27)(H3,19,21,22,25)/p-1/t10?,12?,13-,16-/m1/s1. The number of nitrogens with one attached hydrogen (secondary N) is 1. The molecule has 2 aliphatic heterocycles. The van der Waals surface area contributed by atoms with E-state index in [-0.39, 0.29) is 23.7 Å². The number of aliphatic hydroxyl groups is 1. The Bertz CT molecular complexity index is 1300. The largest absolute Gasteiger partial charge is 0.756 e. The van der Waals surface area contributed by atoms with Crippen LogP contribution in [-0.2, 0) is 24.1 Å². The minimum Gasteiger partial charge on any atom is -0.756 e. The van der Waals surface area contributed by atoms with E-state index in [0.29, 0.717) is 16.7 Å². The third kappa shape index (κ3) is 4.15. The maximum absolute atomic E-state index is 12.4. The van der Waals surface area contributed by atoms with E-state index in [9.17, 15) is 19.4 Å². The molecule has 4 N–H and O–H groups in total. The molecule has 0 aliphatic carbocycles. The third-order valence-corrected chi connectivity index (χ3v) is 7.27. The highest BCUT2D eigenvalue weighted by molar-refractivity contribution is 7.98. The molecule has 15 heteroatoms. The molecular formula is C18H19N5O8PS-. The van der Waals surface area contributed by atoms with Crippen molar-refractivity contribution in [3.05, 3.63) is 40.2 Å². The molecule has 0 saturated carbocycles. The fourth-order valence-electron chi connectivity index (χ4n) is 3.72. The highest BCUT2D eigenvalue weighted by atomic mass is 32.2. The zero-order valence-corrected chi connectivity index (χ0v) is 18.8. The van der Waals surface area contributed by atoms with Gasteiger partial charge in [0.05, 0.1) is 13.7 Å². The number of thioether (sulfide) groups is 1. The smallest absolute Gasteiger partial charge is 0.280 e. The van der Waals surface area contributed by atoms with Gasteiger partial charge in [-0.2, -0.15) is 4.98 Å². The van der Waals surface area contributed by atoms with Gasteiger partial charge in [-0.3, -0.25) is 18.9 Å². The first-order valence-electron chi connectivity index (χ1n) is 9.77.